The van der Waals surface area contributed by atoms with Gasteiger partial charge in [0.15, 0.2) is 0 Å². The molecule has 2 rings (SSSR count). The van der Waals surface area contributed by atoms with Crippen molar-refractivity contribution in [3.05, 3.63) is 35.4 Å². The van der Waals surface area contributed by atoms with Gasteiger partial charge in [-0.1, -0.05) is 38.1 Å². The summed E-state index contributed by atoms with van der Waals surface area (Å²) in [5, 5.41) is 3.49. The fraction of sp³-hybridized carbons (Fsp3) is 0.588. The zero-order valence-corrected chi connectivity index (χ0v) is 14.1. The Bertz CT molecular complexity index is 460. The van der Waals surface area contributed by atoms with Crippen LogP contribution < -0.4 is 5.32 Å². The van der Waals surface area contributed by atoms with Crippen molar-refractivity contribution < 1.29 is 4.79 Å². The molecule has 1 aliphatic heterocycles. The molecular weight excluding hydrogens is 280 g/mol. The molecule has 1 fully saturated rings. The van der Waals surface area contributed by atoms with Crippen molar-refractivity contribution in [3.8, 4) is 0 Å². The summed E-state index contributed by atoms with van der Waals surface area (Å²) in [4.78, 5) is 14.5. The molecule has 0 radical (unpaired) electrons. The maximum absolute atomic E-state index is 12.5. The minimum atomic E-state index is -0.0323. The molecule has 1 aromatic rings. The largest absolute Gasteiger partial charge is 0.322 e. The van der Waals surface area contributed by atoms with E-state index in [9.17, 15) is 4.79 Å². The lowest BCUT2D eigenvalue weighted by Crippen LogP contribution is -2.32. The van der Waals surface area contributed by atoms with Gasteiger partial charge < -0.3 is 4.90 Å². The van der Waals surface area contributed by atoms with E-state index in [1.54, 1.807) is 0 Å². The lowest BCUT2D eigenvalue weighted by atomic mass is 10.1. The first-order valence-electron chi connectivity index (χ1n) is 7.85. The number of nitrogens with one attached hydrogen (secondary N) is 1. The summed E-state index contributed by atoms with van der Waals surface area (Å²) in [5.41, 5.74) is 2.53. The number of nitrogens with zero attached hydrogens (tertiary/aromatic N) is 1. The number of hydrogen-bond acceptors (Lipinski definition) is 3. The van der Waals surface area contributed by atoms with Gasteiger partial charge in [0.1, 0.15) is 6.17 Å². The number of carbonyl (C=O) groups is 1. The van der Waals surface area contributed by atoms with Gasteiger partial charge in [-0.15, -0.1) is 0 Å². The van der Waals surface area contributed by atoms with Crippen molar-refractivity contribution >= 4 is 17.7 Å². The molecule has 2 unspecified atom stereocenters. The van der Waals surface area contributed by atoms with E-state index in [4.69, 9.17) is 0 Å². The monoisotopic (exact) mass is 306 g/mol. The van der Waals surface area contributed by atoms with Crippen LogP contribution in [0.15, 0.2) is 24.3 Å². The highest BCUT2D eigenvalue weighted by molar-refractivity contribution is 7.98. The van der Waals surface area contributed by atoms with Gasteiger partial charge in [0.05, 0.1) is 6.04 Å². The molecule has 116 valence electrons. The molecule has 3 nitrogen and oxygen atoms in total. The van der Waals surface area contributed by atoms with Crippen molar-refractivity contribution in [1.29, 1.82) is 0 Å². The third kappa shape index (κ3) is 3.80. The van der Waals surface area contributed by atoms with Crippen LogP contribution in [-0.4, -0.2) is 35.4 Å². The number of benzene rings is 1. The lowest BCUT2D eigenvalue weighted by Gasteiger charge is -2.24. The molecule has 1 aliphatic rings. The Morgan fingerprint density at radius 2 is 1.95 bits per heavy atom. The highest BCUT2D eigenvalue weighted by atomic mass is 32.2. The summed E-state index contributed by atoms with van der Waals surface area (Å²) in [6, 6.07) is 8.61. The summed E-state index contributed by atoms with van der Waals surface area (Å²) in [6.07, 6.45) is 5.09. The topological polar surface area (TPSA) is 32.3 Å². The standard InChI is InChI=1S/C17H26N2OS/c1-4-13-7-9-14(10-8-13)16-18-15(5-2)17(20)19(16)11-6-12-21-3/h7-10,15-16,18H,4-6,11-12H2,1-3H3. The number of aryl methyl sites for hydroxylation is 1. The first-order valence-corrected chi connectivity index (χ1v) is 9.25. The number of carbonyl (C=O) groups excluding carboxylic acids is 1. The highest BCUT2D eigenvalue weighted by Crippen LogP contribution is 2.27. The van der Waals surface area contributed by atoms with Crippen LogP contribution in [0.1, 0.15) is 44.0 Å². The summed E-state index contributed by atoms with van der Waals surface area (Å²) >= 11 is 1.84. The van der Waals surface area contributed by atoms with Crippen LogP contribution in [0.5, 0.6) is 0 Å². The van der Waals surface area contributed by atoms with Crippen LogP contribution in [0.3, 0.4) is 0 Å². The summed E-state index contributed by atoms with van der Waals surface area (Å²) in [5.74, 6) is 1.35. The van der Waals surface area contributed by atoms with E-state index in [2.05, 4.69) is 49.7 Å². The fourth-order valence-corrected chi connectivity index (χ4v) is 3.22. The normalized spacial score (nSPS) is 22.0. The number of thioether (sulfide) groups is 1. The maximum Gasteiger partial charge on any atom is 0.241 e. The molecular formula is C17H26N2OS. The molecule has 0 saturated carbocycles. The van der Waals surface area contributed by atoms with E-state index in [1.807, 2.05) is 16.7 Å². The van der Waals surface area contributed by atoms with Crippen LogP contribution in [0.4, 0.5) is 0 Å². The molecule has 1 aromatic carbocycles. The van der Waals surface area contributed by atoms with E-state index >= 15 is 0 Å². The predicted molar refractivity (Wildman–Crippen MR) is 90.5 cm³/mol. The molecule has 1 heterocycles. The molecule has 21 heavy (non-hydrogen) atoms. The van der Waals surface area contributed by atoms with Crippen molar-refractivity contribution in [3.63, 3.8) is 0 Å². The maximum atomic E-state index is 12.5. The highest BCUT2D eigenvalue weighted by Gasteiger charge is 2.37. The van der Waals surface area contributed by atoms with Crippen LogP contribution in [0.25, 0.3) is 0 Å². The SMILES string of the molecule is CCc1ccc(C2NC(CC)C(=O)N2CCCSC)cc1. The van der Waals surface area contributed by atoms with Gasteiger partial charge in [-0.25, -0.2) is 0 Å². The van der Waals surface area contributed by atoms with E-state index in [0.29, 0.717) is 0 Å². The molecule has 1 N–H and O–H groups in total. The molecule has 0 aliphatic carbocycles. The van der Waals surface area contributed by atoms with Gasteiger partial charge in [0, 0.05) is 6.54 Å². The third-order valence-corrected chi connectivity index (χ3v) is 4.81. The summed E-state index contributed by atoms with van der Waals surface area (Å²) in [6.45, 7) is 5.07. The van der Waals surface area contributed by atoms with Gasteiger partial charge >= 0.3 is 0 Å². The molecule has 1 saturated heterocycles. The molecule has 0 bridgehead atoms. The molecule has 4 heteroatoms. The smallest absolute Gasteiger partial charge is 0.241 e. The van der Waals surface area contributed by atoms with Crippen LogP contribution in [0, 0.1) is 0 Å². The Balaban J connectivity index is 2.14. The molecule has 1 amide bonds. The van der Waals surface area contributed by atoms with Gasteiger partial charge in [-0.05, 0) is 42.4 Å². The number of hydrogen-bond donors (Lipinski definition) is 1. The second kappa shape index (κ2) is 7.85. The molecule has 2 atom stereocenters. The average molecular weight is 306 g/mol. The van der Waals surface area contributed by atoms with Crippen molar-refractivity contribution in [1.82, 2.24) is 10.2 Å². The molecule has 0 spiro atoms. The van der Waals surface area contributed by atoms with Gasteiger partial charge in [0.25, 0.3) is 0 Å². The third-order valence-electron chi connectivity index (χ3n) is 4.11. The second-order valence-corrected chi connectivity index (χ2v) is 6.49. The summed E-state index contributed by atoms with van der Waals surface area (Å²) in [7, 11) is 0. The van der Waals surface area contributed by atoms with E-state index in [1.165, 1.54) is 11.1 Å². The Hall–Kier alpha value is -1.00. The number of amides is 1. The summed E-state index contributed by atoms with van der Waals surface area (Å²) < 4.78 is 0. The predicted octanol–water partition coefficient (Wildman–Crippen LogP) is 3.21. The van der Waals surface area contributed by atoms with Gasteiger partial charge in [-0.2, -0.15) is 11.8 Å². The van der Waals surface area contributed by atoms with Crippen LogP contribution in [-0.2, 0) is 11.2 Å². The Labute approximate surface area is 132 Å². The van der Waals surface area contributed by atoms with Crippen molar-refractivity contribution in [2.24, 2.45) is 0 Å². The van der Waals surface area contributed by atoms with Gasteiger partial charge in [-0.3, -0.25) is 10.1 Å². The van der Waals surface area contributed by atoms with Crippen LogP contribution in [0.2, 0.25) is 0 Å². The quantitative estimate of drug-likeness (QED) is 0.785. The van der Waals surface area contributed by atoms with E-state index < -0.39 is 0 Å². The zero-order chi connectivity index (χ0) is 15.2. The van der Waals surface area contributed by atoms with Crippen LogP contribution >= 0.6 is 11.8 Å². The zero-order valence-electron chi connectivity index (χ0n) is 13.3. The number of rotatable bonds is 7. The first-order chi connectivity index (χ1) is 10.2. The molecule has 0 aromatic heterocycles. The lowest BCUT2D eigenvalue weighted by molar-refractivity contribution is -0.130. The first kappa shape index (κ1) is 16.4. The van der Waals surface area contributed by atoms with Crippen molar-refractivity contribution in [2.45, 2.75) is 45.3 Å². The van der Waals surface area contributed by atoms with E-state index in [0.717, 1.165) is 31.6 Å². The average Bonchev–Trinajstić information content (AvgIpc) is 2.84. The van der Waals surface area contributed by atoms with E-state index in [-0.39, 0.29) is 18.1 Å². The van der Waals surface area contributed by atoms with Crippen molar-refractivity contribution in [2.75, 3.05) is 18.6 Å². The van der Waals surface area contributed by atoms with Gasteiger partial charge in [0.2, 0.25) is 5.91 Å². The fourth-order valence-electron chi connectivity index (χ4n) is 2.80. The Kier molecular flexibility index (Phi) is 6.12. The Morgan fingerprint density at radius 3 is 2.52 bits per heavy atom. The second-order valence-electron chi connectivity index (χ2n) is 5.50. The minimum absolute atomic E-state index is 0.0323. The minimum Gasteiger partial charge on any atom is -0.322 e. The Morgan fingerprint density at radius 1 is 1.24 bits per heavy atom.